The second-order valence-electron chi connectivity index (χ2n) is 6.46. The van der Waals surface area contributed by atoms with Gasteiger partial charge < -0.3 is 14.8 Å². The molecular weight excluding hydrogens is 366 g/mol. The fraction of sp³-hybridized carbons (Fsp3) is 0.350. The summed E-state index contributed by atoms with van der Waals surface area (Å²) in [5.74, 6) is -1.44. The van der Waals surface area contributed by atoms with Gasteiger partial charge in [-0.2, -0.15) is 0 Å². The van der Waals surface area contributed by atoms with Crippen LogP contribution in [0.1, 0.15) is 49.2 Å². The lowest BCUT2D eigenvalue weighted by Gasteiger charge is -2.24. The number of cyclic esters (lactones) is 1. The second-order valence-corrected chi connectivity index (χ2v) is 7.68. The summed E-state index contributed by atoms with van der Waals surface area (Å²) < 4.78 is 10.4. The minimum Gasteiger partial charge on any atom is -0.462 e. The van der Waals surface area contributed by atoms with Crippen LogP contribution >= 0.6 is 11.3 Å². The predicted octanol–water partition coefficient (Wildman–Crippen LogP) is 3.57. The number of nitrogens with one attached hydrogen (secondary N) is 1. The summed E-state index contributed by atoms with van der Waals surface area (Å²) in [6.45, 7) is 7.55. The average molecular weight is 387 g/mol. The normalized spacial score (nSPS) is 15.7. The van der Waals surface area contributed by atoms with E-state index in [1.54, 1.807) is 13.0 Å². The lowest BCUT2D eigenvalue weighted by atomic mass is 9.96. The maximum Gasteiger partial charge on any atom is 0.341 e. The van der Waals surface area contributed by atoms with Crippen molar-refractivity contribution in [1.29, 1.82) is 0 Å². The number of fused-ring (bicyclic) bond motifs is 1. The third kappa shape index (κ3) is 3.73. The van der Waals surface area contributed by atoms with Gasteiger partial charge in [-0.05, 0) is 44.9 Å². The summed E-state index contributed by atoms with van der Waals surface area (Å²) in [4.78, 5) is 38.1. The number of rotatable bonds is 4. The van der Waals surface area contributed by atoms with Gasteiger partial charge in [-0.15, -0.1) is 11.3 Å². The number of carbonyl (C=O) groups excluding carboxylic acids is 3. The number of ether oxygens (including phenoxy) is 2. The number of esters is 2. The van der Waals surface area contributed by atoms with Crippen LogP contribution in [0.15, 0.2) is 18.2 Å². The Hall–Kier alpha value is -2.67. The molecule has 0 aliphatic carbocycles. The minimum atomic E-state index is -0.939. The van der Waals surface area contributed by atoms with Crippen molar-refractivity contribution in [3.63, 3.8) is 0 Å². The van der Waals surface area contributed by atoms with Crippen LogP contribution in [-0.2, 0) is 20.7 Å². The van der Waals surface area contributed by atoms with Gasteiger partial charge in [0, 0.05) is 11.3 Å². The molecule has 1 atom stereocenters. The van der Waals surface area contributed by atoms with E-state index in [2.05, 4.69) is 5.32 Å². The molecule has 1 aliphatic heterocycles. The molecule has 3 rings (SSSR count). The molecule has 0 bridgehead atoms. The van der Waals surface area contributed by atoms with Gasteiger partial charge in [0.2, 0.25) is 0 Å². The van der Waals surface area contributed by atoms with Crippen molar-refractivity contribution in [3.05, 3.63) is 50.9 Å². The van der Waals surface area contributed by atoms with Crippen molar-refractivity contribution < 1.29 is 23.9 Å². The molecule has 1 aromatic carbocycles. The molecule has 142 valence electrons. The van der Waals surface area contributed by atoms with Crippen LogP contribution in [0, 0.1) is 20.8 Å². The van der Waals surface area contributed by atoms with Crippen molar-refractivity contribution in [1.82, 2.24) is 0 Å². The number of amides is 1. The first-order chi connectivity index (χ1) is 12.8. The average Bonchev–Trinajstić information content (AvgIpc) is 2.89. The summed E-state index contributed by atoms with van der Waals surface area (Å²) in [7, 11) is 0. The maximum atomic E-state index is 12.7. The largest absolute Gasteiger partial charge is 0.462 e. The molecule has 6 nitrogen and oxygen atoms in total. The van der Waals surface area contributed by atoms with Crippen LogP contribution in [0.4, 0.5) is 5.00 Å². The first-order valence-electron chi connectivity index (χ1n) is 8.70. The van der Waals surface area contributed by atoms with Gasteiger partial charge >= 0.3 is 11.9 Å². The third-order valence-corrected chi connectivity index (χ3v) is 5.66. The van der Waals surface area contributed by atoms with E-state index < -0.39 is 23.9 Å². The van der Waals surface area contributed by atoms with Crippen molar-refractivity contribution in [2.75, 3.05) is 11.9 Å². The Morgan fingerprint density at radius 2 is 2.04 bits per heavy atom. The van der Waals surface area contributed by atoms with Gasteiger partial charge in [-0.25, -0.2) is 9.59 Å². The molecule has 1 amide bonds. The highest BCUT2D eigenvalue weighted by atomic mass is 32.1. The summed E-state index contributed by atoms with van der Waals surface area (Å²) in [5, 5.41) is 3.16. The quantitative estimate of drug-likeness (QED) is 0.811. The van der Waals surface area contributed by atoms with Crippen molar-refractivity contribution in [2.24, 2.45) is 0 Å². The van der Waals surface area contributed by atoms with E-state index in [-0.39, 0.29) is 6.61 Å². The zero-order valence-electron chi connectivity index (χ0n) is 15.7. The van der Waals surface area contributed by atoms with Crippen molar-refractivity contribution >= 4 is 34.2 Å². The molecule has 0 saturated carbocycles. The Morgan fingerprint density at radius 1 is 1.30 bits per heavy atom. The van der Waals surface area contributed by atoms with Crippen LogP contribution in [0.3, 0.4) is 0 Å². The van der Waals surface area contributed by atoms with Crippen molar-refractivity contribution in [3.8, 4) is 0 Å². The molecule has 0 fully saturated rings. The van der Waals surface area contributed by atoms with Gasteiger partial charge in [-0.3, -0.25) is 4.79 Å². The minimum absolute atomic E-state index is 0.247. The zero-order chi connectivity index (χ0) is 19.7. The van der Waals surface area contributed by atoms with Crippen LogP contribution in [0.25, 0.3) is 0 Å². The molecule has 0 radical (unpaired) electrons. The van der Waals surface area contributed by atoms with Gasteiger partial charge in [0.05, 0.1) is 17.7 Å². The Kier molecular flexibility index (Phi) is 5.32. The fourth-order valence-corrected chi connectivity index (χ4v) is 4.05. The number of thiophene rings is 1. The lowest BCUT2D eigenvalue weighted by Crippen LogP contribution is -2.38. The molecule has 0 unspecified atom stereocenters. The summed E-state index contributed by atoms with van der Waals surface area (Å²) in [6.07, 6.45) is -0.642. The molecule has 7 heteroatoms. The van der Waals surface area contributed by atoms with Crippen LogP contribution in [-0.4, -0.2) is 30.6 Å². The molecular formula is C20H21NO5S. The van der Waals surface area contributed by atoms with Gasteiger partial charge in [0.25, 0.3) is 5.91 Å². The number of carbonyl (C=O) groups is 3. The highest BCUT2D eigenvalue weighted by molar-refractivity contribution is 7.16. The molecule has 1 N–H and O–H groups in total. The smallest absolute Gasteiger partial charge is 0.341 e. The lowest BCUT2D eigenvalue weighted by molar-refractivity contribution is -0.125. The Balaban J connectivity index is 1.83. The Morgan fingerprint density at radius 3 is 2.74 bits per heavy atom. The number of aryl methyl sites for hydroxylation is 2. The number of hydrogen-bond acceptors (Lipinski definition) is 6. The van der Waals surface area contributed by atoms with E-state index in [1.807, 2.05) is 32.9 Å². The first kappa shape index (κ1) is 19.1. The van der Waals surface area contributed by atoms with E-state index in [4.69, 9.17) is 9.47 Å². The van der Waals surface area contributed by atoms with Crippen LogP contribution in [0.5, 0.6) is 0 Å². The van der Waals surface area contributed by atoms with Crippen LogP contribution < -0.4 is 5.32 Å². The third-order valence-electron chi connectivity index (χ3n) is 4.53. The predicted molar refractivity (Wildman–Crippen MR) is 102 cm³/mol. The molecule has 0 saturated heterocycles. The van der Waals surface area contributed by atoms with E-state index in [1.165, 1.54) is 11.3 Å². The van der Waals surface area contributed by atoms with E-state index in [0.29, 0.717) is 22.5 Å². The van der Waals surface area contributed by atoms with E-state index in [9.17, 15) is 14.4 Å². The number of benzene rings is 1. The van der Waals surface area contributed by atoms with Gasteiger partial charge in [0.15, 0.2) is 6.10 Å². The molecule has 1 aliphatic rings. The summed E-state index contributed by atoms with van der Waals surface area (Å²) >= 11 is 1.30. The van der Waals surface area contributed by atoms with Gasteiger partial charge in [-0.1, -0.05) is 17.7 Å². The fourth-order valence-electron chi connectivity index (χ4n) is 3.00. The zero-order valence-corrected chi connectivity index (χ0v) is 16.5. The summed E-state index contributed by atoms with van der Waals surface area (Å²) in [5.41, 5.74) is 3.36. The second kappa shape index (κ2) is 7.52. The topological polar surface area (TPSA) is 81.7 Å². The first-order valence-corrected chi connectivity index (χ1v) is 9.52. The van der Waals surface area contributed by atoms with E-state index in [0.717, 1.165) is 21.6 Å². The standard InChI is InChI=1S/C20H21NO5S/c1-5-25-20(24)16-11(3)12(4)27-18(16)21-17(22)15-9-13-7-6-10(2)8-14(13)19(23)26-15/h6-8,15H,5,9H2,1-4H3,(H,21,22)/t15-/m0/s1. The molecule has 27 heavy (non-hydrogen) atoms. The molecule has 1 aromatic heterocycles. The number of hydrogen-bond donors (Lipinski definition) is 1. The Bertz CT molecular complexity index is 931. The van der Waals surface area contributed by atoms with E-state index >= 15 is 0 Å². The Labute approximate surface area is 161 Å². The van der Waals surface area contributed by atoms with Gasteiger partial charge in [0.1, 0.15) is 5.00 Å². The molecule has 2 aromatic rings. The maximum absolute atomic E-state index is 12.7. The monoisotopic (exact) mass is 387 g/mol. The summed E-state index contributed by atoms with van der Waals surface area (Å²) in [6, 6.07) is 5.50. The van der Waals surface area contributed by atoms with Crippen LogP contribution in [0.2, 0.25) is 0 Å². The highest BCUT2D eigenvalue weighted by Gasteiger charge is 2.32. The molecule has 0 spiro atoms. The number of anilines is 1. The SMILES string of the molecule is CCOC(=O)c1c(NC(=O)[C@@H]2Cc3ccc(C)cc3C(=O)O2)sc(C)c1C. The highest BCUT2D eigenvalue weighted by Crippen LogP contribution is 2.33. The molecule has 2 heterocycles. The van der Waals surface area contributed by atoms with Crippen molar-refractivity contribution in [2.45, 2.75) is 40.2 Å².